The minimum absolute atomic E-state index is 0.0640. The molecule has 0 N–H and O–H groups in total. The van der Waals surface area contributed by atoms with Gasteiger partial charge in [0.2, 0.25) is 0 Å². The molecule has 132 valence electrons. The summed E-state index contributed by atoms with van der Waals surface area (Å²) in [4.78, 5) is 26.3. The van der Waals surface area contributed by atoms with Crippen molar-refractivity contribution >= 4 is 5.91 Å². The van der Waals surface area contributed by atoms with Crippen LogP contribution < -0.4 is 5.56 Å². The largest absolute Gasteiger partial charge is 0.327 e. The van der Waals surface area contributed by atoms with Gasteiger partial charge in [0, 0.05) is 32.6 Å². The first-order valence-corrected chi connectivity index (χ1v) is 8.92. The van der Waals surface area contributed by atoms with Gasteiger partial charge in [-0.1, -0.05) is 6.42 Å². The van der Waals surface area contributed by atoms with E-state index < -0.39 is 0 Å². The number of fused-ring (bicyclic) bond motifs is 1. The molecule has 2 aromatic rings. The summed E-state index contributed by atoms with van der Waals surface area (Å²) in [5, 5.41) is 12.9. The lowest BCUT2D eigenvalue weighted by Gasteiger charge is -2.24. The summed E-state index contributed by atoms with van der Waals surface area (Å²) in [6.07, 6.45) is 6.25. The van der Waals surface area contributed by atoms with Gasteiger partial charge in [0.15, 0.2) is 5.82 Å². The molecule has 2 aliphatic heterocycles. The molecule has 2 aliphatic rings. The highest BCUT2D eigenvalue weighted by Gasteiger charge is 2.35. The second kappa shape index (κ2) is 6.42. The normalized spacial score (nSPS) is 20.4. The van der Waals surface area contributed by atoms with E-state index in [4.69, 9.17) is 0 Å². The monoisotopic (exact) mass is 342 g/mol. The van der Waals surface area contributed by atoms with Gasteiger partial charge in [-0.2, -0.15) is 5.10 Å². The highest BCUT2D eigenvalue weighted by atomic mass is 16.2. The van der Waals surface area contributed by atoms with Gasteiger partial charge in [0.05, 0.1) is 6.04 Å². The molecule has 1 atom stereocenters. The molecule has 1 unspecified atom stereocenters. The number of rotatable bonds is 2. The Morgan fingerprint density at radius 1 is 1.12 bits per heavy atom. The van der Waals surface area contributed by atoms with E-state index in [0.717, 1.165) is 50.3 Å². The number of hydrogen-bond acceptors (Lipinski definition) is 5. The number of amides is 1. The number of carbonyl (C=O) groups excluding carboxylic acids is 1. The maximum atomic E-state index is 12.9. The van der Waals surface area contributed by atoms with E-state index in [1.807, 2.05) is 4.90 Å². The topological polar surface area (TPSA) is 85.9 Å². The molecule has 8 heteroatoms. The first kappa shape index (κ1) is 16.0. The fourth-order valence-corrected chi connectivity index (χ4v) is 3.80. The van der Waals surface area contributed by atoms with Crippen molar-refractivity contribution in [1.82, 2.24) is 29.4 Å². The van der Waals surface area contributed by atoms with Gasteiger partial charge >= 0.3 is 0 Å². The van der Waals surface area contributed by atoms with Gasteiger partial charge in [-0.25, -0.2) is 4.68 Å². The van der Waals surface area contributed by atoms with Crippen LogP contribution in [0.3, 0.4) is 0 Å². The molecule has 1 fully saturated rings. The summed E-state index contributed by atoms with van der Waals surface area (Å²) >= 11 is 0. The predicted molar refractivity (Wildman–Crippen MR) is 90.1 cm³/mol. The van der Waals surface area contributed by atoms with E-state index in [1.54, 1.807) is 7.05 Å². The maximum Gasteiger partial charge on any atom is 0.274 e. The molecule has 0 radical (unpaired) electrons. The molecular weight excluding hydrogens is 320 g/mol. The minimum Gasteiger partial charge on any atom is -0.327 e. The molecule has 0 aliphatic carbocycles. The summed E-state index contributed by atoms with van der Waals surface area (Å²) < 4.78 is 3.40. The number of aryl methyl sites for hydroxylation is 2. The van der Waals surface area contributed by atoms with Gasteiger partial charge in [-0.15, -0.1) is 10.2 Å². The lowest BCUT2D eigenvalue weighted by Crippen LogP contribution is -2.34. The van der Waals surface area contributed by atoms with Crippen LogP contribution in [0.1, 0.15) is 60.3 Å². The van der Waals surface area contributed by atoms with Crippen molar-refractivity contribution in [2.75, 3.05) is 6.54 Å². The number of nitrogens with zero attached hydrogens (tertiary/aromatic N) is 6. The number of hydrogen-bond donors (Lipinski definition) is 0. The Labute approximate surface area is 145 Å². The van der Waals surface area contributed by atoms with E-state index in [9.17, 15) is 9.59 Å². The van der Waals surface area contributed by atoms with Gasteiger partial charge in [-0.05, 0) is 31.7 Å². The Kier molecular flexibility index (Phi) is 4.10. The van der Waals surface area contributed by atoms with E-state index >= 15 is 0 Å². The van der Waals surface area contributed by atoms with Gasteiger partial charge < -0.3 is 9.47 Å². The minimum atomic E-state index is -0.225. The third kappa shape index (κ3) is 2.85. The van der Waals surface area contributed by atoms with Crippen LogP contribution in [0.5, 0.6) is 0 Å². The number of likely N-dealkylation sites (tertiary alicyclic amines) is 1. The predicted octanol–water partition coefficient (Wildman–Crippen LogP) is 1.08. The van der Waals surface area contributed by atoms with Gasteiger partial charge in [0.25, 0.3) is 11.5 Å². The molecule has 1 amide bonds. The van der Waals surface area contributed by atoms with Crippen LogP contribution >= 0.6 is 0 Å². The van der Waals surface area contributed by atoms with E-state index in [0.29, 0.717) is 12.2 Å². The zero-order chi connectivity index (χ0) is 17.4. The molecular formula is C17H22N6O2. The molecule has 0 bridgehead atoms. The molecule has 2 aromatic heterocycles. The molecule has 4 heterocycles. The Morgan fingerprint density at radius 3 is 2.84 bits per heavy atom. The zero-order valence-corrected chi connectivity index (χ0v) is 14.4. The fraction of sp³-hybridized carbons (Fsp3) is 0.588. The molecule has 0 saturated carbocycles. The Morgan fingerprint density at radius 2 is 2.00 bits per heavy atom. The van der Waals surface area contributed by atoms with Crippen molar-refractivity contribution in [2.45, 2.75) is 51.1 Å². The smallest absolute Gasteiger partial charge is 0.274 e. The second-order valence-electron chi connectivity index (χ2n) is 6.77. The quantitative estimate of drug-likeness (QED) is 0.815. The Hall–Kier alpha value is -2.51. The van der Waals surface area contributed by atoms with Crippen molar-refractivity contribution < 1.29 is 4.79 Å². The average Bonchev–Trinajstić information content (AvgIpc) is 3.17. The van der Waals surface area contributed by atoms with Crippen molar-refractivity contribution in [3.63, 3.8) is 0 Å². The van der Waals surface area contributed by atoms with E-state index in [1.165, 1.54) is 23.2 Å². The summed E-state index contributed by atoms with van der Waals surface area (Å²) in [7, 11) is 1.55. The van der Waals surface area contributed by atoms with Crippen LogP contribution in [-0.2, 0) is 20.0 Å². The molecule has 0 aromatic carbocycles. The fourth-order valence-electron chi connectivity index (χ4n) is 3.80. The van der Waals surface area contributed by atoms with E-state index in [2.05, 4.69) is 19.9 Å². The van der Waals surface area contributed by atoms with Crippen LogP contribution in [0.15, 0.2) is 16.9 Å². The van der Waals surface area contributed by atoms with Gasteiger partial charge in [0.1, 0.15) is 11.5 Å². The maximum absolute atomic E-state index is 12.9. The van der Waals surface area contributed by atoms with Crippen LogP contribution in [0.2, 0.25) is 0 Å². The van der Waals surface area contributed by atoms with Crippen molar-refractivity contribution in [1.29, 1.82) is 0 Å². The first-order valence-electron chi connectivity index (χ1n) is 8.92. The first-order chi connectivity index (χ1) is 12.1. The summed E-state index contributed by atoms with van der Waals surface area (Å²) in [5.41, 5.74) is 0.0712. The molecule has 1 saturated heterocycles. The van der Waals surface area contributed by atoms with E-state index in [-0.39, 0.29) is 17.5 Å². The lowest BCUT2D eigenvalue weighted by molar-refractivity contribution is 0.0718. The average molecular weight is 342 g/mol. The molecule has 0 spiro atoms. The van der Waals surface area contributed by atoms with Crippen LogP contribution in [-0.4, -0.2) is 41.9 Å². The standard InChI is InChI=1S/C17H22N6O2/c1-21-15(24)9-8-12(20-21)17(25)22-11-5-6-13(22)16-19-18-14-7-3-2-4-10-23(14)16/h8-9,13H,2-7,10-11H2,1H3. The highest BCUT2D eigenvalue weighted by Crippen LogP contribution is 2.33. The molecule has 25 heavy (non-hydrogen) atoms. The zero-order valence-electron chi connectivity index (χ0n) is 14.4. The van der Waals surface area contributed by atoms with Crippen LogP contribution in [0.4, 0.5) is 0 Å². The third-order valence-electron chi connectivity index (χ3n) is 5.13. The molecule has 4 rings (SSSR count). The second-order valence-corrected chi connectivity index (χ2v) is 6.77. The van der Waals surface area contributed by atoms with Crippen molar-refractivity contribution in [3.05, 3.63) is 39.8 Å². The van der Waals surface area contributed by atoms with Crippen molar-refractivity contribution in [2.24, 2.45) is 7.05 Å². The highest BCUT2D eigenvalue weighted by molar-refractivity contribution is 5.92. The summed E-state index contributed by atoms with van der Waals surface area (Å²) in [5.74, 6) is 1.78. The number of carbonyl (C=O) groups is 1. The van der Waals surface area contributed by atoms with Crippen LogP contribution in [0, 0.1) is 0 Å². The van der Waals surface area contributed by atoms with Crippen LogP contribution in [0.25, 0.3) is 0 Å². The molecule has 8 nitrogen and oxygen atoms in total. The van der Waals surface area contributed by atoms with Crippen molar-refractivity contribution in [3.8, 4) is 0 Å². The lowest BCUT2D eigenvalue weighted by atomic mass is 10.2. The Bertz CT molecular complexity index is 855. The summed E-state index contributed by atoms with van der Waals surface area (Å²) in [6.45, 7) is 1.60. The number of aromatic nitrogens is 5. The SMILES string of the molecule is Cn1nc(C(=O)N2CCCC2c2nnc3n2CCCCC3)ccc1=O. The Balaban J connectivity index is 1.64. The van der Waals surface area contributed by atoms with Gasteiger partial charge in [-0.3, -0.25) is 9.59 Å². The summed E-state index contributed by atoms with van der Waals surface area (Å²) in [6, 6.07) is 2.82. The third-order valence-corrected chi connectivity index (χ3v) is 5.13.